The van der Waals surface area contributed by atoms with Gasteiger partial charge in [0, 0.05) is 16.9 Å². The van der Waals surface area contributed by atoms with Gasteiger partial charge in [0.2, 0.25) is 0 Å². The molecule has 0 radical (unpaired) electrons. The second-order valence-electron chi connectivity index (χ2n) is 5.13. The van der Waals surface area contributed by atoms with Crippen molar-refractivity contribution in [1.29, 1.82) is 0 Å². The molecule has 0 bridgehead atoms. The maximum atomic E-state index is 6.07. The molecule has 0 spiro atoms. The molecule has 0 saturated heterocycles. The van der Waals surface area contributed by atoms with Crippen LogP contribution in [0.25, 0.3) is 11.6 Å². The quantitative estimate of drug-likeness (QED) is 0.889. The number of benzene rings is 1. The van der Waals surface area contributed by atoms with Crippen molar-refractivity contribution in [2.75, 3.05) is 5.73 Å². The topological polar surface area (TPSA) is 38.9 Å². The molecule has 2 nitrogen and oxygen atoms in total. The largest absolute Gasteiger partial charge is 0.398 e. The van der Waals surface area contributed by atoms with E-state index in [-0.39, 0.29) is 0 Å². The van der Waals surface area contributed by atoms with Crippen LogP contribution in [0.1, 0.15) is 35.7 Å². The van der Waals surface area contributed by atoms with Crippen LogP contribution in [0.3, 0.4) is 0 Å². The van der Waals surface area contributed by atoms with Crippen molar-refractivity contribution in [2.24, 2.45) is 0 Å². The van der Waals surface area contributed by atoms with E-state index < -0.39 is 0 Å². The number of hydrogen-bond donors (Lipinski definition) is 1. The zero-order chi connectivity index (χ0) is 14.1. The summed E-state index contributed by atoms with van der Waals surface area (Å²) in [5.74, 6) is 0. The van der Waals surface area contributed by atoms with E-state index >= 15 is 0 Å². The Morgan fingerprint density at radius 3 is 2.85 bits per heavy atom. The number of nitrogen functional groups attached to an aromatic ring is 1. The van der Waals surface area contributed by atoms with Crippen molar-refractivity contribution < 1.29 is 0 Å². The average Bonchev–Trinajstić information content (AvgIpc) is 2.46. The molecule has 1 aromatic heterocycles. The molecule has 1 aliphatic rings. The number of allylic oxidation sites excluding steroid dienone is 1. The maximum Gasteiger partial charge on any atom is 0.0682 e. The number of rotatable bonds is 2. The lowest BCUT2D eigenvalue weighted by atomic mass is 9.90. The van der Waals surface area contributed by atoms with Crippen LogP contribution in [0.2, 0.25) is 5.02 Å². The first-order valence-electron chi connectivity index (χ1n) is 6.91. The molecule has 0 unspecified atom stereocenters. The molecule has 1 aliphatic carbocycles. The summed E-state index contributed by atoms with van der Waals surface area (Å²) >= 11 is 6.07. The van der Waals surface area contributed by atoms with Gasteiger partial charge in [-0.1, -0.05) is 24.6 Å². The van der Waals surface area contributed by atoms with Gasteiger partial charge in [-0.15, -0.1) is 0 Å². The van der Waals surface area contributed by atoms with Gasteiger partial charge in [-0.2, -0.15) is 0 Å². The lowest BCUT2D eigenvalue weighted by Crippen LogP contribution is -2.02. The van der Waals surface area contributed by atoms with E-state index in [1.807, 2.05) is 24.4 Å². The number of anilines is 1. The molecule has 3 rings (SSSR count). The van der Waals surface area contributed by atoms with Crippen LogP contribution < -0.4 is 5.73 Å². The first-order chi connectivity index (χ1) is 9.67. The van der Waals surface area contributed by atoms with Crippen LogP contribution in [0.15, 0.2) is 30.5 Å². The SMILES string of the molecule is CCc1cnc(C2=Cc3cc(Cl)ccc3CC2)cc1N. The molecule has 1 heterocycles. The van der Waals surface area contributed by atoms with Gasteiger partial charge in [0.1, 0.15) is 0 Å². The van der Waals surface area contributed by atoms with Crippen molar-refractivity contribution in [3.8, 4) is 0 Å². The summed E-state index contributed by atoms with van der Waals surface area (Å²) in [7, 11) is 0. The third-order valence-electron chi connectivity index (χ3n) is 3.83. The van der Waals surface area contributed by atoms with Crippen LogP contribution in [0.5, 0.6) is 0 Å². The highest BCUT2D eigenvalue weighted by atomic mass is 35.5. The summed E-state index contributed by atoms with van der Waals surface area (Å²) in [6, 6.07) is 8.05. The van der Waals surface area contributed by atoms with Gasteiger partial charge < -0.3 is 5.73 Å². The third kappa shape index (κ3) is 2.44. The summed E-state index contributed by atoms with van der Waals surface area (Å²) in [4.78, 5) is 4.55. The van der Waals surface area contributed by atoms with Crippen LogP contribution in [0, 0.1) is 0 Å². The molecule has 3 heteroatoms. The van der Waals surface area contributed by atoms with Crippen LogP contribution in [-0.2, 0) is 12.8 Å². The number of hydrogen-bond acceptors (Lipinski definition) is 2. The van der Waals surface area contributed by atoms with E-state index in [0.717, 1.165) is 41.2 Å². The Hall–Kier alpha value is -1.80. The molecule has 0 aliphatic heterocycles. The number of halogens is 1. The second kappa shape index (κ2) is 5.29. The zero-order valence-electron chi connectivity index (χ0n) is 11.5. The fourth-order valence-corrected chi connectivity index (χ4v) is 2.81. The Bertz CT molecular complexity index is 689. The second-order valence-corrected chi connectivity index (χ2v) is 5.57. The molecule has 0 amide bonds. The number of aromatic nitrogens is 1. The van der Waals surface area contributed by atoms with Crippen LogP contribution >= 0.6 is 11.6 Å². The fraction of sp³-hybridized carbons (Fsp3) is 0.235. The van der Waals surface area contributed by atoms with Gasteiger partial charge in [-0.3, -0.25) is 4.98 Å². The van der Waals surface area contributed by atoms with Gasteiger partial charge in [-0.25, -0.2) is 0 Å². The number of pyridine rings is 1. The van der Waals surface area contributed by atoms with Gasteiger partial charge in [0.15, 0.2) is 0 Å². The summed E-state index contributed by atoms with van der Waals surface area (Å²) in [5.41, 5.74) is 12.7. The molecule has 0 saturated carbocycles. The molecule has 0 fully saturated rings. The van der Waals surface area contributed by atoms with Crippen molar-refractivity contribution in [3.05, 3.63) is 57.9 Å². The fourth-order valence-electron chi connectivity index (χ4n) is 2.63. The molecule has 0 atom stereocenters. The van der Waals surface area contributed by atoms with Crippen LogP contribution in [0.4, 0.5) is 5.69 Å². The Labute approximate surface area is 124 Å². The predicted molar refractivity (Wildman–Crippen MR) is 85.7 cm³/mol. The van der Waals surface area contributed by atoms with Crippen molar-refractivity contribution in [1.82, 2.24) is 4.98 Å². The van der Waals surface area contributed by atoms with Crippen molar-refractivity contribution >= 4 is 28.9 Å². The van der Waals surface area contributed by atoms with E-state index in [4.69, 9.17) is 17.3 Å². The molecule has 1 aromatic carbocycles. The average molecular weight is 285 g/mol. The normalized spacial score (nSPS) is 13.8. The minimum Gasteiger partial charge on any atom is -0.398 e. The first-order valence-corrected chi connectivity index (χ1v) is 7.29. The van der Waals surface area contributed by atoms with Gasteiger partial charge in [-0.05, 0) is 65.8 Å². The standard InChI is InChI=1S/C17H17ClN2/c1-2-11-10-20-17(9-16(11)19)13-4-3-12-5-6-15(18)8-14(12)7-13/h5-10H,2-4H2,1H3,(H2,19,20). The number of nitrogens with two attached hydrogens (primary N) is 1. The summed E-state index contributed by atoms with van der Waals surface area (Å²) in [5, 5.41) is 0.773. The molecule has 2 N–H and O–H groups in total. The van der Waals surface area contributed by atoms with E-state index in [9.17, 15) is 0 Å². The Morgan fingerprint density at radius 1 is 1.25 bits per heavy atom. The Balaban J connectivity index is 2.01. The first kappa shape index (κ1) is 13.2. The molecule has 102 valence electrons. The summed E-state index contributed by atoms with van der Waals surface area (Å²) in [6.07, 6.45) is 7.00. The minimum absolute atomic E-state index is 0.773. The monoisotopic (exact) mass is 284 g/mol. The van der Waals surface area contributed by atoms with Gasteiger partial charge >= 0.3 is 0 Å². The lowest BCUT2D eigenvalue weighted by molar-refractivity contribution is 0.988. The molecular formula is C17H17ClN2. The third-order valence-corrected chi connectivity index (χ3v) is 4.07. The van der Waals surface area contributed by atoms with E-state index in [2.05, 4.69) is 24.1 Å². The molecular weight excluding hydrogens is 268 g/mol. The van der Waals surface area contributed by atoms with Crippen LogP contribution in [-0.4, -0.2) is 4.98 Å². The molecule has 20 heavy (non-hydrogen) atoms. The van der Waals surface area contributed by atoms with E-state index in [1.54, 1.807) is 0 Å². The minimum atomic E-state index is 0.773. The van der Waals surface area contributed by atoms with Crippen molar-refractivity contribution in [3.63, 3.8) is 0 Å². The number of nitrogens with zero attached hydrogens (tertiary/aromatic N) is 1. The van der Waals surface area contributed by atoms with E-state index in [1.165, 1.54) is 16.7 Å². The Morgan fingerprint density at radius 2 is 2.10 bits per heavy atom. The number of aryl methyl sites for hydroxylation is 2. The Kier molecular flexibility index (Phi) is 3.49. The van der Waals surface area contributed by atoms with Gasteiger partial charge in [0.25, 0.3) is 0 Å². The molecule has 2 aromatic rings. The lowest BCUT2D eigenvalue weighted by Gasteiger charge is -2.17. The van der Waals surface area contributed by atoms with E-state index in [0.29, 0.717) is 0 Å². The highest BCUT2D eigenvalue weighted by Gasteiger charge is 2.13. The maximum absolute atomic E-state index is 6.07. The predicted octanol–water partition coefficient (Wildman–Crippen LogP) is 4.37. The summed E-state index contributed by atoms with van der Waals surface area (Å²) in [6.45, 7) is 2.09. The summed E-state index contributed by atoms with van der Waals surface area (Å²) < 4.78 is 0. The highest BCUT2D eigenvalue weighted by molar-refractivity contribution is 6.30. The smallest absolute Gasteiger partial charge is 0.0682 e. The van der Waals surface area contributed by atoms with Crippen molar-refractivity contribution in [2.45, 2.75) is 26.2 Å². The zero-order valence-corrected chi connectivity index (χ0v) is 12.2. The highest BCUT2D eigenvalue weighted by Crippen LogP contribution is 2.31. The number of fused-ring (bicyclic) bond motifs is 1. The van der Waals surface area contributed by atoms with Gasteiger partial charge in [0.05, 0.1) is 5.69 Å².